The first-order chi connectivity index (χ1) is 9.46. The van der Waals surface area contributed by atoms with Crippen LogP contribution in [0.15, 0.2) is 23.1 Å². The molecule has 2 rings (SSSR count). The van der Waals surface area contributed by atoms with E-state index in [1.807, 2.05) is 0 Å². The molecule has 1 aromatic rings. The molecule has 0 spiro atoms. The van der Waals surface area contributed by atoms with E-state index in [0.717, 1.165) is 24.8 Å². The van der Waals surface area contributed by atoms with Crippen molar-refractivity contribution in [1.29, 1.82) is 0 Å². The molecule has 0 radical (unpaired) electrons. The maximum absolute atomic E-state index is 13.9. The number of piperidine rings is 1. The van der Waals surface area contributed by atoms with E-state index >= 15 is 0 Å². The summed E-state index contributed by atoms with van der Waals surface area (Å²) in [6.45, 7) is 2.64. The zero-order valence-electron chi connectivity index (χ0n) is 12.1. The van der Waals surface area contributed by atoms with Gasteiger partial charge in [0, 0.05) is 12.6 Å². The molecule has 1 atom stereocenters. The Hall–Kier alpha value is -0.690. The van der Waals surface area contributed by atoms with E-state index in [4.69, 9.17) is 5.73 Å². The minimum atomic E-state index is -3.78. The van der Waals surface area contributed by atoms with Crippen LogP contribution in [0.5, 0.6) is 0 Å². The number of hydrogen-bond donors (Lipinski definition) is 1. The Balaban J connectivity index is 0.00000220. The summed E-state index contributed by atoms with van der Waals surface area (Å²) in [5.74, 6) is -0.687. The van der Waals surface area contributed by atoms with Crippen LogP contribution in [-0.4, -0.2) is 31.9 Å². The SMILES string of the molecule is Cc1ccc(F)c(S(=O)(=O)N2CCCCC2CCN)c1.Cl. The predicted molar refractivity (Wildman–Crippen MR) is 83.6 cm³/mol. The molecule has 0 aliphatic carbocycles. The molecule has 1 fully saturated rings. The molecule has 1 aromatic carbocycles. The van der Waals surface area contributed by atoms with Crippen LogP contribution in [0.2, 0.25) is 0 Å². The lowest BCUT2D eigenvalue weighted by atomic mass is 10.0. The second-order valence-electron chi connectivity index (χ2n) is 5.28. The molecule has 0 aromatic heterocycles. The lowest BCUT2D eigenvalue weighted by Crippen LogP contribution is -2.44. The molecule has 0 saturated carbocycles. The van der Waals surface area contributed by atoms with E-state index in [2.05, 4.69) is 0 Å². The number of sulfonamides is 1. The Kier molecular flexibility index (Phi) is 6.59. The van der Waals surface area contributed by atoms with Crippen molar-refractivity contribution in [3.05, 3.63) is 29.6 Å². The minimum absolute atomic E-state index is 0. The van der Waals surface area contributed by atoms with Crippen molar-refractivity contribution < 1.29 is 12.8 Å². The van der Waals surface area contributed by atoms with Crippen molar-refractivity contribution in [2.24, 2.45) is 5.73 Å². The Morgan fingerprint density at radius 3 is 2.76 bits per heavy atom. The molecular formula is C14H22ClFN2O2S. The summed E-state index contributed by atoms with van der Waals surface area (Å²) in [5, 5.41) is 0. The van der Waals surface area contributed by atoms with Gasteiger partial charge in [-0.25, -0.2) is 12.8 Å². The molecule has 1 saturated heterocycles. The van der Waals surface area contributed by atoms with Crippen LogP contribution in [0, 0.1) is 12.7 Å². The number of nitrogens with zero attached hydrogens (tertiary/aromatic N) is 1. The quantitative estimate of drug-likeness (QED) is 0.918. The van der Waals surface area contributed by atoms with E-state index < -0.39 is 15.8 Å². The third-order valence-electron chi connectivity index (χ3n) is 3.75. The summed E-state index contributed by atoms with van der Waals surface area (Å²) in [7, 11) is -3.78. The van der Waals surface area contributed by atoms with Crippen LogP contribution in [-0.2, 0) is 10.0 Å². The molecule has 21 heavy (non-hydrogen) atoms. The van der Waals surface area contributed by atoms with Crippen LogP contribution >= 0.6 is 12.4 Å². The van der Waals surface area contributed by atoms with Crippen LogP contribution in [0.25, 0.3) is 0 Å². The fourth-order valence-electron chi connectivity index (χ4n) is 2.71. The van der Waals surface area contributed by atoms with Crippen LogP contribution in [0.1, 0.15) is 31.2 Å². The fraction of sp³-hybridized carbons (Fsp3) is 0.571. The Morgan fingerprint density at radius 2 is 2.10 bits per heavy atom. The predicted octanol–water partition coefficient (Wildman–Crippen LogP) is 2.45. The first-order valence-electron chi connectivity index (χ1n) is 6.95. The van der Waals surface area contributed by atoms with Crippen LogP contribution in [0.4, 0.5) is 4.39 Å². The van der Waals surface area contributed by atoms with Crippen molar-refractivity contribution in [3.63, 3.8) is 0 Å². The average Bonchev–Trinajstić information content (AvgIpc) is 2.42. The lowest BCUT2D eigenvalue weighted by molar-refractivity contribution is 0.242. The molecule has 1 heterocycles. The van der Waals surface area contributed by atoms with E-state index in [1.165, 1.54) is 16.4 Å². The number of aryl methyl sites for hydroxylation is 1. The lowest BCUT2D eigenvalue weighted by Gasteiger charge is -2.34. The highest BCUT2D eigenvalue weighted by Crippen LogP contribution is 2.28. The Bertz CT molecular complexity index is 578. The highest BCUT2D eigenvalue weighted by molar-refractivity contribution is 7.89. The maximum atomic E-state index is 13.9. The third kappa shape index (κ3) is 3.94. The zero-order chi connectivity index (χ0) is 14.8. The average molecular weight is 337 g/mol. The molecule has 120 valence electrons. The van der Waals surface area contributed by atoms with Gasteiger partial charge in [0.15, 0.2) is 0 Å². The van der Waals surface area contributed by atoms with Gasteiger partial charge in [0.2, 0.25) is 10.0 Å². The van der Waals surface area contributed by atoms with E-state index in [9.17, 15) is 12.8 Å². The van der Waals surface area contributed by atoms with Crippen molar-refractivity contribution in [2.45, 2.75) is 43.5 Å². The highest BCUT2D eigenvalue weighted by Gasteiger charge is 2.34. The molecule has 4 nitrogen and oxygen atoms in total. The number of hydrogen-bond acceptors (Lipinski definition) is 3. The summed E-state index contributed by atoms with van der Waals surface area (Å²) in [5.41, 5.74) is 6.30. The minimum Gasteiger partial charge on any atom is -0.330 e. The van der Waals surface area contributed by atoms with Crippen molar-refractivity contribution in [3.8, 4) is 0 Å². The van der Waals surface area contributed by atoms with Gasteiger partial charge < -0.3 is 5.73 Å². The molecule has 1 aliphatic rings. The van der Waals surface area contributed by atoms with Crippen molar-refractivity contribution >= 4 is 22.4 Å². The van der Waals surface area contributed by atoms with Gasteiger partial charge in [-0.1, -0.05) is 12.5 Å². The number of nitrogens with two attached hydrogens (primary N) is 1. The molecule has 1 unspecified atom stereocenters. The second-order valence-corrected chi connectivity index (χ2v) is 7.14. The third-order valence-corrected chi connectivity index (χ3v) is 5.71. The second kappa shape index (κ2) is 7.54. The smallest absolute Gasteiger partial charge is 0.246 e. The Morgan fingerprint density at radius 1 is 1.38 bits per heavy atom. The van der Waals surface area contributed by atoms with Gasteiger partial charge in [0.05, 0.1) is 0 Å². The van der Waals surface area contributed by atoms with Gasteiger partial charge in [0.25, 0.3) is 0 Å². The van der Waals surface area contributed by atoms with Gasteiger partial charge in [-0.3, -0.25) is 0 Å². The first kappa shape index (κ1) is 18.4. The van der Waals surface area contributed by atoms with E-state index in [-0.39, 0.29) is 23.3 Å². The standard InChI is InChI=1S/C14H21FN2O2S.ClH/c1-11-5-6-13(15)14(10-11)20(18,19)17-9-3-2-4-12(17)7-8-16;/h5-6,10,12H,2-4,7-9,16H2,1H3;1H. The largest absolute Gasteiger partial charge is 0.330 e. The number of rotatable bonds is 4. The van der Waals surface area contributed by atoms with Gasteiger partial charge >= 0.3 is 0 Å². The van der Waals surface area contributed by atoms with Crippen molar-refractivity contribution in [2.75, 3.05) is 13.1 Å². The normalized spacial score (nSPS) is 20.0. The number of benzene rings is 1. The highest BCUT2D eigenvalue weighted by atomic mass is 35.5. The van der Waals surface area contributed by atoms with Gasteiger partial charge in [0.1, 0.15) is 10.7 Å². The summed E-state index contributed by atoms with van der Waals surface area (Å²) >= 11 is 0. The molecular weight excluding hydrogens is 315 g/mol. The monoisotopic (exact) mass is 336 g/mol. The van der Waals surface area contributed by atoms with Gasteiger partial charge in [-0.15, -0.1) is 12.4 Å². The van der Waals surface area contributed by atoms with Crippen LogP contribution in [0.3, 0.4) is 0 Å². The van der Waals surface area contributed by atoms with E-state index in [0.29, 0.717) is 19.5 Å². The first-order valence-corrected chi connectivity index (χ1v) is 8.39. The molecule has 7 heteroatoms. The maximum Gasteiger partial charge on any atom is 0.246 e. The summed E-state index contributed by atoms with van der Waals surface area (Å²) in [6, 6.07) is 4.07. The molecule has 0 amide bonds. The molecule has 2 N–H and O–H groups in total. The topological polar surface area (TPSA) is 63.4 Å². The van der Waals surface area contributed by atoms with Crippen molar-refractivity contribution in [1.82, 2.24) is 4.31 Å². The number of halogens is 2. The van der Waals surface area contributed by atoms with E-state index in [1.54, 1.807) is 13.0 Å². The van der Waals surface area contributed by atoms with Crippen LogP contribution < -0.4 is 5.73 Å². The summed E-state index contributed by atoms with van der Waals surface area (Å²) < 4.78 is 40.7. The van der Waals surface area contributed by atoms with Gasteiger partial charge in [-0.05, 0) is 50.4 Å². The summed E-state index contributed by atoms with van der Waals surface area (Å²) in [6.07, 6.45) is 3.22. The summed E-state index contributed by atoms with van der Waals surface area (Å²) in [4.78, 5) is -0.221. The zero-order valence-corrected chi connectivity index (χ0v) is 13.7. The molecule has 1 aliphatic heterocycles. The fourth-order valence-corrected chi connectivity index (χ4v) is 4.58. The van der Waals surface area contributed by atoms with Gasteiger partial charge in [-0.2, -0.15) is 4.31 Å². The molecule has 0 bridgehead atoms. The Labute approximate surface area is 132 Å².